The summed E-state index contributed by atoms with van der Waals surface area (Å²) in [5, 5.41) is 3.46. The summed E-state index contributed by atoms with van der Waals surface area (Å²) in [6.45, 7) is 5.13. The van der Waals surface area contributed by atoms with Crippen molar-refractivity contribution in [2.75, 3.05) is 69.8 Å². The largest absolute Gasteiger partial charge is 0.497 e. The summed E-state index contributed by atoms with van der Waals surface area (Å²) >= 11 is 0. The van der Waals surface area contributed by atoms with Gasteiger partial charge in [-0.2, -0.15) is 0 Å². The van der Waals surface area contributed by atoms with Gasteiger partial charge in [0.15, 0.2) is 12.6 Å². The number of fused-ring (bicyclic) bond motifs is 1. The van der Waals surface area contributed by atoms with Crippen molar-refractivity contribution < 1.29 is 14.3 Å². The monoisotopic (exact) mass is 565 g/mol. The number of halogens is 1. The van der Waals surface area contributed by atoms with Crippen LogP contribution in [0.5, 0.6) is 11.5 Å². The van der Waals surface area contributed by atoms with Gasteiger partial charge in [-0.15, -0.1) is 24.0 Å². The standard InChI is InChI=1S/C24H31N5O3.HI/c1-25-24(28-15-13-27(14-16-28)19-7-5-8-20(17-19)31-2)26-11-6-12-29-21-9-3-4-10-22(21)32-18-23(29)30;/h3-5,7-10,17H,6,11-16,18H2,1-2H3,(H,25,26);1H. The molecule has 0 radical (unpaired) electrons. The number of carbonyl (C=O) groups is 1. The van der Waals surface area contributed by atoms with Crippen molar-refractivity contribution in [1.29, 1.82) is 0 Å². The van der Waals surface area contributed by atoms with Crippen LogP contribution in [0.15, 0.2) is 53.5 Å². The summed E-state index contributed by atoms with van der Waals surface area (Å²) in [4.78, 5) is 23.2. The van der Waals surface area contributed by atoms with Gasteiger partial charge in [0.2, 0.25) is 0 Å². The molecule has 0 saturated carbocycles. The lowest BCUT2D eigenvalue weighted by Gasteiger charge is -2.37. The van der Waals surface area contributed by atoms with Gasteiger partial charge in [0.1, 0.15) is 11.5 Å². The predicted octanol–water partition coefficient (Wildman–Crippen LogP) is 2.83. The number of rotatable bonds is 6. The van der Waals surface area contributed by atoms with Gasteiger partial charge in [0.25, 0.3) is 5.91 Å². The number of carbonyl (C=O) groups excluding carboxylic acids is 1. The molecular formula is C24H32IN5O3. The maximum Gasteiger partial charge on any atom is 0.265 e. The Kier molecular flexibility index (Phi) is 9.04. The number of nitrogens with one attached hydrogen (secondary N) is 1. The maximum absolute atomic E-state index is 12.3. The average Bonchev–Trinajstić information content (AvgIpc) is 2.85. The van der Waals surface area contributed by atoms with E-state index in [4.69, 9.17) is 9.47 Å². The van der Waals surface area contributed by atoms with Gasteiger partial charge >= 0.3 is 0 Å². The molecule has 2 aliphatic heterocycles. The number of anilines is 2. The molecule has 0 bridgehead atoms. The van der Waals surface area contributed by atoms with Gasteiger partial charge in [-0.3, -0.25) is 9.79 Å². The highest BCUT2D eigenvalue weighted by Crippen LogP contribution is 2.31. The van der Waals surface area contributed by atoms with Crippen LogP contribution in [0.3, 0.4) is 0 Å². The molecule has 4 rings (SSSR count). The summed E-state index contributed by atoms with van der Waals surface area (Å²) in [6.07, 6.45) is 0.822. The molecule has 1 saturated heterocycles. The number of hydrogen-bond acceptors (Lipinski definition) is 5. The zero-order valence-electron chi connectivity index (χ0n) is 19.2. The molecule has 8 nitrogen and oxygen atoms in total. The third-order valence-corrected chi connectivity index (χ3v) is 5.86. The Bertz CT molecular complexity index is 963. The third kappa shape index (κ3) is 6.01. The number of benzene rings is 2. The first-order chi connectivity index (χ1) is 15.7. The molecule has 2 aliphatic rings. The van der Waals surface area contributed by atoms with Crippen LogP contribution in [0.1, 0.15) is 6.42 Å². The van der Waals surface area contributed by atoms with E-state index in [1.165, 1.54) is 5.69 Å². The summed E-state index contributed by atoms with van der Waals surface area (Å²) in [5.41, 5.74) is 2.03. The highest BCUT2D eigenvalue weighted by atomic mass is 127. The number of nitrogens with zero attached hydrogens (tertiary/aromatic N) is 4. The van der Waals surface area contributed by atoms with E-state index in [0.717, 1.165) is 62.3 Å². The minimum Gasteiger partial charge on any atom is -0.497 e. The minimum absolute atomic E-state index is 0. The summed E-state index contributed by atoms with van der Waals surface area (Å²) in [6, 6.07) is 15.9. The van der Waals surface area contributed by atoms with Crippen LogP contribution < -0.4 is 24.6 Å². The van der Waals surface area contributed by atoms with E-state index in [9.17, 15) is 4.79 Å². The Morgan fingerprint density at radius 1 is 1.12 bits per heavy atom. The molecule has 9 heteroatoms. The van der Waals surface area contributed by atoms with E-state index in [1.54, 1.807) is 7.11 Å². The predicted molar refractivity (Wildman–Crippen MR) is 142 cm³/mol. The Labute approximate surface area is 212 Å². The summed E-state index contributed by atoms with van der Waals surface area (Å²) in [5.74, 6) is 2.55. The molecule has 1 amide bonds. The first kappa shape index (κ1) is 24.9. The molecule has 0 aliphatic carbocycles. The zero-order chi connectivity index (χ0) is 22.3. The number of guanidine groups is 1. The van der Waals surface area contributed by atoms with Crippen LogP contribution in [0.25, 0.3) is 0 Å². The molecule has 0 atom stereocenters. The van der Waals surface area contributed by atoms with E-state index in [0.29, 0.717) is 6.54 Å². The van der Waals surface area contributed by atoms with Crippen LogP contribution >= 0.6 is 24.0 Å². The topological polar surface area (TPSA) is 69.6 Å². The fourth-order valence-electron chi connectivity index (χ4n) is 4.15. The van der Waals surface area contributed by atoms with E-state index >= 15 is 0 Å². The molecule has 2 aromatic carbocycles. The van der Waals surface area contributed by atoms with Gasteiger partial charge in [-0.1, -0.05) is 18.2 Å². The van der Waals surface area contributed by atoms with Crippen molar-refractivity contribution in [1.82, 2.24) is 10.2 Å². The van der Waals surface area contributed by atoms with Gasteiger partial charge in [0.05, 0.1) is 12.8 Å². The normalized spacial score (nSPS) is 16.0. The van der Waals surface area contributed by atoms with Crippen molar-refractivity contribution in [3.8, 4) is 11.5 Å². The Morgan fingerprint density at radius 3 is 2.67 bits per heavy atom. The fourth-order valence-corrected chi connectivity index (χ4v) is 4.15. The van der Waals surface area contributed by atoms with Crippen LogP contribution in [0.4, 0.5) is 11.4 Å². The summed E-state index contributed by atoms with van der Waals surface area (Å²) in [7, 11) is 3.51. The van der Waals surface area contributed by atoms with Crippen LogP contribution in [0.2, 0.25) is 0 Å². The first-order valence-corrected chi connectivity index (χ1v) is 11.1. The molecule has 33 heavy (non-hydrogen) atoms. The Hall–Kier alpha value is -2.69. The molecular weight excluding hydrogens is 533 g/mol. The number of aliphatic imine (C=N–C) groups is 1. The summed E-state index contributed by atoms with van der Waals surface area (Å²) < 4.78 is 10.9. The number of amides is 1. The molecule has 2 aromatic rings. The molecule has 178 valence electrons. The van der Waals surface area contributed by atoms with E-state index in [-0.39, 0.29) is 36.5 Å². The van der Waals surface area contributed by atoms with Crippen LogP contribution in [-0.4, -0.2) is 76.8 Å². The lowest BCUT2D eigenvalue weighted by Crippen LogP contribution is -2.52. The highest BCUT2D eigenvalue weighted by molar-refractivity contribution is 14.0. The number of piperazine rings is 1. The SMILES string of the molecule is CN=C(NCCCN1C(=O)COc2ccccc21)N1CCN(c2cccc(OC)c2)CC1.I. The first-order valence-electron chi connectivity index (χ1n) is 11.1. The second kappa shape index (κ2) is 12.0. The van der Waals surface area contributed by atoms with Crippen molar-refractivity contribution in [3.05, 3.63) is 48.5 Å². The maximum atomic E-state index is 12.3. The van der Waals surface area contributed by atoms with Gasteiger partial charge in [-0.05, 0) is 30.7 Å². The minimum atomic E-state index is 0. The van der Waals surface area contributed by atoms with Crippen LogP contribution in [0, 0.1) is 0 Å². The highest BCUT2D eigenvalue weighted by Gasteiger charge is 2.25. The Morgan fingerprint density at radius 2 is 1.91 bits per heavy atom. The van der Waals surface area contributed by atoms with Crippen LogP contribution in [-0.2, 0) is 4.79 Å². The van der Waals surface area contributed by atoms with Crippen molar-refractivity contribution in [2.45, 2.75) is 6.42 Å². The number of ether oxygens (including phenoxy) is 2. The fraction of sp³-hybridized carbons (Fsp3) is 0.417. The van der Waals surface area contributed by atoms with E-state index in [1.807, 2.05) is 48.3 Å². The van der Waals surface area contributed by atoms with E-state index in [2.05, 4.69) is 32.2 Å². The van der Waals surface area contributed by atoms with Crippen molar-refractivity contribution >= 4 is 47.2 Å². The van der Waals surface area contributed by atoms with Crippen molar-refractivity contribution in [3.63, 3.8) is 0 Å². The number of hydrogen-bond donors (Lipinski definition) is 1. The average molecular weight is 565 g/mol. The zero-order valence-corrected chi connectivity index (χ0v) is 21.5. The van der Waals surface area contributed by atoms with Crippen molar-refractivity contribution in [2.24, 2.45) is 4.99 Å². The second-order valence-electron chi connectivity index (χ2n) is 7.80. The van der Waals surface area contributed by atoms with Gasteiger partial charge in [0, 0.05) is 58.1 Å². The van der Waals surface area contributed by atoms with E-state index < -0.39 is 0 Å². The molecule has 0 aromatic heterocycles. The third-order valence-electron chi connectivity index (χ3n) is 5.86. The molecule has 2 heterocycles. The lowest BCUT2D eigenvalue weighted by molar-refractivity contribution is -0.121. The number of para-hydroxylation sites is 2. The number of methoxy groups -OCH3 is 1. The molecule has 0 spiro atoms. The molecule has 1 N–H and O–H groups in total. The van der Waals surface area contributed by atoms with Gasteiger partial charge in [-0.25, -0.2) is 0 Å². The smallest absolute Gasteiger partial charge is 0.265 e. The quantitative estimate of drug-likeness (QED) is 0.252. The molecule has 0 unspecified atom stereocenters. The van der Waals surface area contributed by atoms with Gasteiger partial charge < -0.3 is 29.5 Å². The molecule has 1 fully saturated rings. The second-order valence-corrected chi connectivity index (χ2v) is 7.80. The Balaban J connectivity index is 0.00000306. The lowest BCUT2D eigenvalue weighted by atomic mass is 10.2.